The highest BCUT2D eigenvalue weighted by molar-refractivity contribution is 5.92. The first-order valence-corrected chi connectivity index (χ1v) is 10.5. The van der Waals surface area contributed by atoms with Gasteiger partial charge in [0.05, 0.1) is 13.1 Å². The number of hydrogen-bond acceptors (Lipinski definition) is 4. The molecule has 1 aromatic rings. The Morgan fingerprint density at radius 1 is 1.23 bits per heavy atom. The Kier molecular flexibility index (Phi) is 9.12. The molecular weight excluding hydrogens is 409 g/mol. The van der Waals surface area contributed by atoms with Crippen LogP contribution in [0.1, 0.15) is 19.4 Å². The van der Waals surface area contributed by atoms with Crippen LogP contribution in [0.4, 0.5) is 18.9 Å². The lowest BCUT2D eigenvalue weighted by molar-refractivity contribution is -0.181. The van der Waals surface area contributed by atoms with Crippen molar-refractivity contribution >= 4 is 17.6 Å². The predicted octanol–water partition coefficient (Wildman–Crippen LogP) is 2.22. The average Bonchev–Trinajstić information content (AvgIpc) is 2.69. The minimum absolute atomic E-state index is 0.0926. The average molecular weight is 443 g/mol. The molecule has 174 valence electrons. The van der Waals surface area contributed by atoms with E-state index in [4.69, 9.17) is 0 Å². The lowest BCUT2D eigenvalue weighted by atomic mass is 10.2. The number of nitrogens with one attached hydrogen (secondary N) is 2. The molecular formula is C21H33F3N6O. The predicted molar refractivity (Wildman–Crippen MR) is 117 cm³/mol. The number of carbonyl (C=O) groups is 1. The van der Waals surface area contributed by atoms with Gasteiger partial charge in [-0.05, 0) is 45.6 Å². The molecule has 2 rings (SSSR count). The normalized spacial score (nSPS) is 17.0. The number of alkyl halides is 3. The molecule has 0 saturated carbocycles. The standard InChI is InChI=1S/C21H33F3N6O/c1-5-25-20(30-11-9-29(10-12-30)16(2)21(22,23)24)26-14-17-7-6-8-18(13-17)27-19(31)15-28(3)4/h6-8,13,16H,5,9-12,14-15H2,1-4H3,(H,25,26)(H,27,31). The monoisotopic (exact) mass is 442 g/mol. The van der Waals surface area contributed by atoms with Crippen LogP contribution in [0.25, 0.3) is 0 Å². The summed E-state index contributed by atoms with van der Waals surface area (Å²) in [6.07, 6.45) is -4.21. The van der Waals surface area contributed by atoms with Gasteiger partial charge in [-0.1, -0.05) is 12.1 Å². The van der Waals surface area contributed by atoms with Gasteiger partial charge in [0.15, 0.2) is 5.96 Å². The molecule has 0 radical (unpaired) electrons. The van der Waals surface area contributed by atoms with Gasteiger partial charge in [-0.15, -0.1) is 0 Å². The molecule has 0 aromatic heterocycles. The van der Waals surface area contributed by atoms with Gasteiger partial charge in [-0.2, -0.15) is 13.2 Å². The minimum Gasteiger partial charge on any atom is -0.357 e. The second-order valence-corrected chi connectivity index (χ2v) is 7.90. The van der Waals surface area contributed by atoms with E-state index in [-0.39, 0.29) is 5.91 Å². The topological polar surface area (TPSA) is 63.2 Å². The second kappa shape index (κ2) is 11.3. The molecule has 1 saturated heterocycles. The van der Waals surface area contributed by atoms with Crippen molar-refractivity contribution in [1.82, 2.24) is 20.0 Å². The highest BCUT2D eigenvalue weighted by atomic mass is 19.4. The van der Waals surface area contributed by atoms with Crippen LogP contribution in [-0.2, 0) is 11.3 Å². The molecule has 1 aliphatic heterocycles. The molecule has 0 bridgehead atoms. The van der Waals surface area contributed by atoms with Crippen molar-refractivity contribution < 1.29 is 18.0 Å². The van der Waals surface area contributed by atoms with Gasteiger partial charge >= 0.3 is 6.18 Å². The van der Waals surface area contributed by atoms with Crippen LogP contribution in [0.5, 0.6) is 0 Å². The van der Waals surface area contributed by atoms with E-state index in [1.807, 2.05) is 50.2 Å². The number of benzene rings is 1. The Morgan fingerprint density at radius 3 is 2.48 bits per heavy atom. The van der Waals surface area contributed by atoms with E-state index < -0.39 is 12.2 Å². The summed E-state index contributed by atoms with van der Waals surface area (Å²) in [5, 5.41) is 6.09. The molecule has 7 nitrogen and oxygen atoms in total. The molecule has 0 spiro atoms. The van der Waals surface area contributed by atoms with Gasteiger partial charge in [0.1, 0.15) is 6.04 Å². The van der Waals surface area contributed by atoms with Crippen LogP contribution in [0.15, 0.2) is 29.3 Å². The highest BCUT2D eigenvalue weighted by Crippen LogP contribution is 2.25. The Morgan fingerprint density at radius 2 is 1.90 bits per heavy atom. The number of piperazine rings is 1. The smallest absolute Gasteiger partial charge is 0.357 e. The zero-order chi connectivity index (χ0) is 23.0. The van der Waals surface area contributed by atoms with Gasteiger partial charge in [-0.3, -0.25) is 9.69 Å². The van der Waals surface area contributed by atoms with E-state index in [1.165, 1.54) is 11.8 Å². The number of rotatable bonds is 7. The second-order valence-electron chi connectivity index (χ2n) is 7.90. The van der Waals surface area contributed by atoms with Crippen LogP contribution in [0.2, 0.25) is 0 Å². The van der Waals surface area contributed by atoms with E-state index in [1.54, 1.807) is 4.90 Å². The molecule has 1 amide bonds. The Hall–Kier alpha value is -2.33. The summed E-state index contributed by atoms with van der Waals surface area (Å²) in [5.74, 6) is 0.591. The molecule has 1 heterocycles. The molecule has 0 aliphatic carbocycles. The zero-order valence-corrected chi connectivity index (χ0v) is 18.7. The van der Waals surface area contributed by atoms with Crippen molar-refractivity contribution in [2.45, 2.75) is 32.6 Å². The van der Waals surface area contributed by atoms with Crippen molar-refractivity contribution in [3.8, 4) is 0 Å². The number of aliphatic imine (C=N–C) groups is 1. The largest absolute Gasteiger partial charge is 0.403 e. The fourth-order valence-electron chi connectivity index (χ4n) is 3.36. The minimum atomic E-state index is -4.21. The molecule has 1 fully saturated rings. The van der Waals surface area contributed by atoms with E-state index in [9.17, 15) is 18.0 Å². The highest BCUT2D eigenvalue weighted by Gasteiger charge is 2.41. The van der Waals surface area contributed by atoms with Crippen molar-refractivity contribution in [3.63, 3.8) is 0 Å². The SMILES string of the molecule is CCNC(=NCc1cccc(NC(=O)CN(C)C)c1)N1CCN(C(C)C(F)(F)F)CC1. The van der Waals surface area contributed by atoms with Gasteiger partial charge in [-0.25, -0.2) is 4.99 Å². The van der Waals surface area contributed by atoms with E-state index in [0.29, 0.717) is 57.5 Å². The van der Waals surface area contributed by atoms with Crippen molar-refractivity contribution in [2.75, 3.05) is 58.7 Å². The van der Waals surface area contributed by atoms with Crippen LogP contribution < -0.4 is 10.6 Å². The van der Waals surface area contributed by atoms with Crippen LogP contribution >= 0.6 is 0 Å². The quantitative estimate of drug-likeness (QED) is 0.501. The first-order chi connectivity index (χ1) is 14.6. The number of nitrogens with zero attached hydrogens (tertiary/aromatic N) is 4. The summed E-state index contributed by atoms with van der Waals surface area (Å²) in [5.41, 5.74) is 1.64. The van der Waals surface area contributed by atoms with Gasteiger partial charge in [0.2, 0.25) is 5.91 Å². The maximum Gasteiger partial charge on any atom is 0.403 e. The van der Waals surface area contributed by atoms with Crippen molar-refractivity contribution in [1.29, 1.82) is 0 Å². The number of carbonyl (C=O) groups excluding carboxylic acids is 1. The maximum absolute atomic E-state index is 13.0. The number of hydrogen-bond donors (Lipinski definition) is 2. The first kappa shape index (κ1) is 24.9. The number of amides is 1. The summed E-state index contributed by atoms with van der Waals surface area (Å²) < 4.78 is 38.9. The van der Waals surface area contributed by atoms with E-state index >= 15 is 0 Å². The summed E-state index contributed by atoms with van der Waals surface area (Å²) >= 11 is 0. The van der Waals surface area contributed by atoms with Crippen LogP contribution in [0.3, 0.4) is 0 Å². The van der Waals surface area contributed by atoms with Crippen molar-refractivity contribution in [2.24, 2.45) is 4.99 Å². The third-order valence-corrected chi connectivity index (χ3v) is 5.05. The fraction of sp³-hybridized carbons (Fsp3) is 0.619. The molecule has 31 heavy (non-hydrogen) atoms. The van der Waals surface area contributed by atoms with E-state index in [0.717, 1.165) is 5.56 Å². The Balaban J connectivity index is 1.99. The first-order valence-electron chi connectivity index (χ1n) is 10.5. The van der Waals surface area contributed by atoms with Crippen LogP contribution in [-0.4, -0.2) is 92.1 Å². The number of guanidine groups is 1. The summed E-state index contributed by atoms with van der Waals surface area (Å²) in [7, 11) is 3.66. The molecule has 1 unspecified atom stereocenters. The van der Waals surface area contributed by atoms with Crippen LogP contribution in [0, 0.1) is 0 Å². The number of anilines is 1. The third kappa shape index (κ3) is 8.02. The summed E-state index contributed by atoms with van der Waals surface area (Å²) in [6, 6.07) is 6.05. The lowest BCUT2D eigenvalue weighted by Gasteiger charge is -2.39. The molecule has 1 atom stereocenters. The summed E-state index contributed by atoms with van der Waals surface area (Å²) in [6.45, 7) is 6.15. The maximum atomic E-state index is 13.0. The Bertz CT molecular complexity index is 745. The zero-order valence-electron chi connectivity index (χ0n) is 18.7. The molecule has 1 aliphatic rings. The lowest BCUT2D eigenvalue weighted by Crippen LogP contribution is -2.56. The van der Waals surface area contributed by atoms with Crippen molar-refractivity contribution in [3.05, 3.63) is 29.8 Å². The van der Waals surface area contributed by atoms with Gasteiger partial charge in [0.25, 0.3) is 0 Å². The molecule has 10 heteroatoms. The molecule has 2 N–H and O–H groups in total. The third-order valence-electron chi connectivity index (χ3n) is 5.05. The van der Waals surface area contributed by atoms with E-state index in [2.05, 4.69) is 15.6 Å². The Labute approximate surface area is 182 Å². The number of halogens is 3. The van der Waals surface area contributed by atoms with Gasteiger partial charge < -0.3 is 20.4 Å². The fourth-order valence-corrected chi connectivity index (χ4v) is 3.36. The molecule has 1 aromatic carbocycles. The van der Waals surface area contributed by atoms with Gasteiger partial charge in [0, 0.05) is 38.4 Å². The summed E-state index contributed by atoms with van der Waals surface area (Å²) in [4.78, 5) is 21.9. The number of likely N-dealkylation sites (N-methyl/N-ethyl adjacent to an activating group) is 1.